The molecule has 2 heterocycles. The Labute approximate surface area is 206 Å². The van der Waals surface area contributed by atoms with Crippen molar-refractivity contribution in [3.05, 3.63) is 39.9 Å². The van der Waals surface area contributed by atoms with Gasteiger partial charge in [0.05, 0.1) is 16.9 Å². The number of piperazine rings is 1. The van der Waals surface area contributed by atoms with Crippen LogP contribution in [0.4, 0.5) is 0 Å². The average molecular weight is 470 g/mol. The summed E-state index contributed by atoms with van der Waals surface area (Å²) in [4.78, 5) is 23.7. The summed E-state index contributed by atoms with van der Waals surface area (Å²) >= 11 is 0. The molecule has 3 atom stereocenters. The van der Waals surface area contributed by atoms with Gasteiger partial charge in [0.15, 0.2) is 0 Å². The molecule has 0 bridgehead atoms. The first-order valence-electron chi connectivity index (χ1n) is 13.4. The van der Waals surface area contributed by atoms with Gasteiger partial charge in [-0.2, -0.15) is 0 Å². The van der Waals surface area contributed by atoms with Crippen molar-refractivity contribution in [2.45, 2.75) is 91.9 Å². The first-order valence-corrected chi connectivity index (χ1v) is 13.4. The van der Waals surface area contributed by atoms with Crippen LogP contribution in [0, 0.1) is 5.92 Å². The van der Waals surface area contributed by atoms with Gasteiger partial charge >= 0.3 is 0 Å². The highest BCUT2D eigenvalue weighted by Crippen LogP contribution is 2.27. The zero-order valence-corrected chi connectivity index (χ0v) is 22.6. The molecule has 0 amide bonds. The van der Waals surface area contributed by atoms with E-state index in [4.69, 9.17) is 4.98 Å². The van der Waals surface area contributed by atoms with E-state index < -0.39 is 0 Å². The lowest BCUT2D eigenvalue weighted by molar-refractivity contribution is 0.109. The Kier molecular flexibility index (Phi) is 9.69. The van der Waals surface area contributed by atoms with Crippen molar-refractivity contribution in [3.8, 4) is 0 Å². The van der Waals surface area contributed by atoms with Crippen molar-refractivity contribution in [2.75, 3.05) is 33.2 Å². The minimum Gasteiger partial charge on any atom is -0.309 e. The van der Waals surface area contributed by atoms with Gasteiger partial charge in [0, 0.05) is 38.3 Å². The quantitative estimate of drug-likeness (QED) is 0.527. The topological polar surface area (TPSA) is 53.4 Å². The Bertz CT molecular complexity index is 975. The molecule has 0 radical (unpaired) electrons. The third-order valence-corrected chi connectivity index (χ3v) is 7.12. The molecule has 0 saturated carbocycles. The molecule has 3 rings (SSSR count). The summed E-state index contributed by atoms with van der Waals surface area (Å²) in [6.45, 7) is 18.0. The number of rotatable bonds is 11. The molecule has 6 nitrogen and oxygen atoms in total. The van der Waals surface area contributed by atoms with E-state index in [2.05, 4.69) is 81.9 Å². The molecule has 1 saturated heterocycles. The smallest absolute Gasteiger partial charge is 0.261 e. The average Bonchev–Trinajstić information content (AvgIpc) is 2.79. The number of benzene rings is 1. The van der Waals surface area contributed by atoms with Gasteiger partial charge in [0.2, 0.25) is 0 Å². The minimum absolute atomic E-state index is 0.106. The van der Waals surface area contributed by atoms with Crippen LogP contribution < -0.4 is 10.9 Å². The molecular weight excluding hydrogens is 422 g/mol. The number of hydrogen-bond acceptors (Lipinski definition) is 5. The minimum atomic E-state index is 0.106. The Balaban J connectivity index is 1.90. The highest BCUT2D eigenvalue weighted by Gasteiger charge is 2.30. The fourth-order valence-corrected chi connectivity index (χ4v) is 5.28. The predicted molar refractivity (Wildman–Crippen MR) is 144 cm³/mol. The van der Waals surface area contributed by atoms with E-state index in [1.807, 2.05) is 4.57 Å². The number of fused-ring (bicyclic) bond motifs is 1. The first kappa shape index (κ1) is 26.8. The molecule has 1 N–H and O–H groups in total. The second-order valence-electron chi connectivity index (χ2n) is 10.8. The van der Waals surface area contributed by atoms with Gasteiger partial charge < -0.3 is 10.2 Å². The van der Waals surface area contributed by atoms with Gasteiger partial charge in [-0.3, -0.25) is 14.3 Å². The maximum Gasteiger partial charge on any atom is 0.261 e. The van der Waals surface area contributed by atoms with E-state index in [1.54, 1.807) is 0 Å². The van der Waals surface area contributed by atoms with Crippen LogP contribution in [0.15, 0.2) is 23.0 Å². The van der Waals surface area contributed by atoms with Crippen molar-refractivity contribution in [3.63, 3.8) is 0 Å². The molecule has 1 aromatic carbocycles. The molecule has 1 aliphatic rings. The third-order valence-electron chi connectivity index (χ3n) is 7.12. The molecule has 1 fully saturated rings. The standard InChI is InChI=1S/C28H47N5O/c1-8-10-26(32-18-21(5)29-22(6)19-32)27-30-25-12-11-23(14-16-31(7)15-13-20(3)4)17-24(25)28(34)33(27)9-2/h11-12,17,20-22,26,29H,8-10,13-16,18-19H2,1-7H3/t21-,22+,26?. The van der Waals surface area contributed by atoms with Gasteiger partial charge in [-0.15, -0.1) is 0 Å². The molecule has 1 aliphatic heterocycles. The number of nitrogens with zero attached hydrogens (tertiary/aromatic N) is 4. The zero-order chi connectivity index (χ0) is 24.8. The van der Waals surface area contributed by atoms with Gasteiger partial charge in [0.25, 0.3) is 5.56 Å². The Morgan fingerprint density at radius 3 is 2.44 bits per heavy atom. The van der Waals surface area contributed by atoms with Gasteiger partial charge in [-0.1, -0.05) is 33.3 Å². The molecule has 0 spiro atoms. The number of aromatic nitrogens is 2. The monoisotopic (exact) mass is 469 g/mol. The van der Waals surface area contributed by atoms with Crippen LogP contribution in [0.1, 0.15) is 78.2 Å². The maximum atomic E-state index is 13.6. The lowest BCUT2D eigenvalue weighted by atomic mass is 10.0. The SMILES string of the molecule is CCCC(c1nc2ccc(CCN(C)CCC(C)C)cc2c(=O)n1CC)N1C[C@@H](C)N[C@@H](C)C1. The van der Waals surface area contributed by atoms with Crippen LogP contribution in [-0.2, 0) is 13.0 Å². The lowest BCUT2D eigenvalue weighted by Gasteiger charge is -2.41. The first-order chi connectivity index (χ1) is 16.2. The summed E-state index contributed by atoms with van der Waals surface area (Å²) in [7, 11) is 2.19. The van der Waals surface area contributed by atoms with Crippen molar-refractivity contribution >= 4 is 10.9 Å². The molecule has 34 heavy (non-hydrogen) atoms. The van der Waals surface area contributed by atoms with Crippen LogP contribution in [0.5, 0.6) is 0 Å². The molecule has 6 heteroatoms. The molecule has 1 aromatic heterocycles. The van der Waals surface area contributed by atoms with Crippen molar-refractivity contribution in [2.24, 2.45) is 5.92 Å². The van der Waals surface area contributed by atoms with Crippen molar-refractivity contribution in [1.29, 1.82) is 0 Å². The van der Waals surface area contributed by atoms with Crippen LogP contribution in [-0.4, -0.2) is 64.7 Å². The maximum absolute atomic E-state index is 13.6. The lowest BCUT2D eigenvalue weighted by Crippen LogP contribution is -2.55. The van der Waals surface area contributed by atoms with Gasteiger partial charge in [-0.05, 0) is 77.2 Å². The van der Waals surface area contributed by atoms with Crippen LogP contribution >= 0.6 is 0 Å². The highest BCUT2D eigenvalue weighted by molar-refractivity contribution is 5.78. The molecule has 190 valence electrons. The van der Waals surface area contributed by atoms with Crippen LogP contribution in [0.2, 0.25) is 0 Å². The fourth-order valence-electron chi connectivity index (χ4n) is 5.28. The van der Waals surface area contributed by atoms with Gasteiger partial charge in [0.1, 0.15) is 5.82 Å². The zero-order valence-electron chi connectivity index (χ0n) is 22.6. The van der Waals surface area contributed by atoms with E-state index in [1.165, 1.54) is 12.0 Å². The Morgan fingerprint density at radius 1 is 1.12 bits per heavy atom. The fraction of sp³-hybridized carbons (Fsp3) is 0.714. The van der Waals surface area contributed by atoms with E-state index in [0.717, 1.165) is 68.1 Å². The summed E-state index contributed by atoms with van der Waals surface area (Å²) in [5.41, 5.74) is 2.15. The van der Waals surface area contributed by atoms with E-state index in [9.17, 15) is 4.79 Å². The number of likely N-dealkylation sites (N-methyl/N-ethyl adjacent to an activating group) is 1. The third kappa shape index (κ3) is 6.67. The van der Waals surface area contributed by atoms with Crippen LogP contribution in [0.25, 0.3) is 10.9 Å². The van der Waals surface area contributed by atoms with Crippen molar-refractivity contribution < 1.29 is 0 Å². The summed E-state index contributed by atoms with van der Waals surface area (Å²) in [5.74, 6) is 1.66. The van der Waals surface area contributed by atoms with Crippen LogP contribution in [0.3, 0.4) is 0 Å². The molecule has 0 aliphatic carbocycles. The predicted octanol–water partition coefficient (Wildman–Crippen LogP) is 4.46. The largest absolute Gasteiger partial charge is 0.309 e. The summed E-state index contributed by atoms with van der Waals surface area (Å²) in [6, 6.07) is 7.35. The van der Waals surface area contributed by atoms with Crippen molar-refractivity contribution in [1.82, 2.24) is 24.7 Å². The van der Waals surface area contributed by atoms with E-state index in [-0.39, 0.29) is 11.6 Å². The normalized spacial score (nSPS) is 20.5. The summed E-state index contributed by atoms with van der Waals surface area (Å²) in [6.07, 6.45) is 4.25. The second kappa shape index (κ2) is 12.3. The van der Waals surface area contributed by atoms with E-state index >= 15 is 0 Å². The number of nitrogens with one attached hydrogen (secondary N) is 1. The summed E-state index contributed by atoms with van der Waals surface area (Å²) in [5, 5.41) is 4.39. The highest BCUT2D eigenvalue weighted by atomic mass is 16.1. The summed E-state index contributed by atoms with van der Waals surface area (Å²) < 4.78 is 1.93. The Morgan fingerprint density at radius 2 is 1.82 bits per heavy atom. The second-order valence-corrected chi connectivity index (χ2v) is 10.8. The molecule has 1 unspecified atom stereocenters. The van der Waals surface area contributed by atoms with Gasteiger partial charge in [-0.25, -0.2) is 4.98 Å². The molecular formula is C28H47N5O. The number of hydrogen-bond donors (Lipinski definition) is 1. The molecule has 2 aromatic rings. The van der Waals surface area contributed by atoms with E-state index in [0.29, 0.717) is 18.6 Å². The Hall–Kier alpha value is -1.76.